The highest BCUT2D eigenvalue weighted by molar-refractivity contribution is 7.52. The van der Waals surface area contributed by atoms with E-state index in [0.29, 0.717) is 23.1 Å². The summed E-state index contributed by atoms with van der Waals surface area (Å²) in [5.41, 5.74) is -4.78. The van der Waals surface area contributed by atoms with Crippen molar-refractivity contribution >= 4 is 76.3 Å². The Balaban J connectivity index is 0.899. The highest BCUT2D eigenvalue weighted by atomic mass is 32.1. The van der Waals surface area contributed by atoms with Crippen molar-refractivity contribution in [1.82, 2.24) is 30.7 Å². The highest BCUT2D eigenvalue weighted by Crippen LogP contribution is 2.59. The van der Waals surface area contributed by atoms with E-state index in [9.17, 15) is 61.5 Å². The number of nitrogens with zero attached hydrogens (tertiary/aromatic N) is 3. The van der Waals surface area contributed by atoms with Crippen LogP contribution in [0.5, 0.6) is 0 Å². The van der Waals surface area contributed by atoms with E-state index in [2.05, 4.69) is 27.8 Å². The Kier molecular flexibility index (Phi) is 15.6. The molecule has 19 nitrogen and oxygen atoms in total. The second kappa shape index (κ2) is 21.6. The fourth-order valence-corrected chi connectivity index (χ4v) is 10.6. The molecule has 3 saturated heterocycles. The van der Waals surface area contributed by atoms with Gasteiger partial charge in [0.2, 0.25) is 29.5 Å². The summed E-state index contributed by atoms with van der Waals surface area (Å²) in [7, 11) is -5.86. The van der Waals surface area contributed by atoms with Crippen molar-refractivity contribution in [3.8, 4) is 11.8 Å². The molecule has 390 valence electrons. The van der Waals surface area contributed by atoms with Crippen molar-refractivity contribution in [3.05, 3.63) is 105 Å². The molecule has 1 aromatic heterocycles. The Morgan fingerprint density at radius 3 is 2.43 bits per heavy atom. The molecule has 0 saturated carbocycles. The molecule has 3 fully saturated rings. The molecule has 0 radical (unpaired) electrons. The molecule has 3 aromatic carbocycles. The molecule has 5 atom stereocenters. The lowest BCUT2D eigenvalue weighted by Gasteiger charge is -2.38. The van der Waals surface area contributed by atoms with Gasteiger partial charge in [0.1, 0.15) is 30.8 Å². The molecular weight excluding hydrogens is 1010 g/mol. The molecule has 4 aliphatic heterocycles. The Hall–Kier alpha value is -6.73. The first kappa shape index (κ1) is 53.6. The molecule has 74 heavy (non-hydrogen) atoms. The van der Waals surface area contributed by atoms with Gasteiger partial charge in [0.25, 0.3) is 17.7 Å². The minimum Gasteiger partial charge on any atom is -0.370 e. The predicted octanol–water partition coefficient (Wildman–Crippen LogP) is 4.21. The third kappa shape index (κ3) is 11.5. The summed E-state index contributed by atoms with van der Waals surface area (Å²) < 4.78 is 53.1. The van der Waals surface area contributed by atoms with Crippen molar-refractivity contribution in [2.75, 3.05) is 39.4 Å². The van der Waals surface area contributed by atoms with E-state index in [-0.39, 0.29) is 79.3 Å². The van der Waals surface area contributed by atoms with E-state index < -0.39 is 103 Å². The maximum absolute atomic E-state index is 14.8. The number of imide groups is 2. The fourth-order valence-electron chi connectivity index (χ4n) is 9.22. The van der Waals surface area contributed by atoms with Crippen LogP contribution >= 0.6 is 18.9 Å². The largest absolute Gasteiger partial charge is 0.399 e. The number of benzene rings is 3. The van der Waals surface area contributed by atoms with Crippen molar-refractivity contribution in [2.45, 2.75) is 88.9 Å². The van der Waals surface area contributed by atoms with Crippen LogP contribution in [-0.2, 0) is 43.7 Å². The molecule has 0 spiro atoms. The van der Waals surface area contributed by atoms with Crippen LogP contribution in [0.15, 0.2) is 72.8 Å². The summed E-state index contributed by atoms with van der Waals surface area (Å²) in [5.74, 6) is 1.32. The van der Waals surface area contributed by atoms with Gasteiger partial charge < -0.3 is 39.7 Å². The number of nitrogens with one attached hydrogen (secondary N) is 3. The fraction of sp³-hybridized carbons (Fsp3) is 0.412. The zero-order valence-electron chi connectivity index (χ0n) is 40.4. The quantitative estimate of drug-likeness (QED) is 0.0514. The number of alkyl halides is 2. The number of hydrogen-bond acceptors (Lipinski definition) is 12. The number of piperidine rings is 1. The summed E-state index contributed by atoms with van der Waals surface area (Å²) in [6.07, 6.45) is -0.361. The van der Waals surface area contributed by atoms with Gasteiger partial charge in [0.15, 0.2) is 0 Å². The molecule has 5 N–H and O–H groups in total. The van der Waals surface area contributed by atoms with Crippen LogP contribution in [0.2, 0.25) is 0 Å². The number of carbonyl (C=O) groups is 8. The maximum atomic E-state index is 14.8. The van der Waals surface area contributed by atoms with Gasteiger partial charge in [0.05, 0.1) is 35.3 Å². The normalized spacial score (nSPS) is 20.7. The molecule has 5 heterocycles. The minimum atomic E-state index is -5.86. The standard InChI is InChI=1S/C51H53F2N6O13PS/c1-50(2,3)43(56-45(63)40-24-31-23-32(14-17-39(31)74-40)51(52,53)73(68,69)70)49(67)58-26-33(25-37(58)48(66)57-20-21-71-38(27-57)30-11-7-4-8-12-30)72-28-42(61)54-19-9-5-6-10-29-13-15-34-35(22-29)47(65)59(46(34)64)36-16-18-41(60)55-44(36)62/h4,7-8,11-15,17,22-24,33,36-38,43H,5,9,16,18-21,25-28H2,1-3H3,(H,54,61)(H,56,63)(H,55,60,62)(H2,68,69,70)/t33-,36?,37-,38-,43+/m0/s1. The lowest BCUT2D eigenvalue weighted by atomic mass is 9.85. The first-order valence-electron chi connectivity index (χ1n) is 23.8. The smallest absolute Gasteiger partial charge is 0.370 e. The Labute approximate surface area is 427 Å². The van der Waals surface area contributed by atoms with E-state index in [0.717, 1.165) is 33.9 Å². The number of fused-ring (bicyclic) bond motifs is 2. The zero-order chi connectivity index (χ0) is 53.3. The van der Waals surface area contributed by atoms with Crippen molar-refractivity contribution in [3.63, 3.8) is 0 Å². The second-order valence-corrected chi connectivity index (χ2v) is 22.1. The van der Waals surface area contributed by atoms with Crippen molar-refractivity contribution < 1.29 is 71.0 Å². The average Bonchev–Trinajstić information content (AvgIpc) is 4.06. The Morgan fingerprint density at radius 2 is 1.72 bits per heavy atom. The molecule has 8 amide bonds. The number of likely N-dealkylation sites (tertiary alicyclic amines) is 1. The number of carbonyl (C=O) groups excluding carboxylic acids is 8. The second-order valence-electron chi connectivity index (χ2n) is 19.4. The third-order valence-electron chi connectivity index (χ3n) is 13.1. The van der Waals surface area contributed by atoms with Crippen LogP contribution in [0.4, 0.5) is 8.78 Å². The topological polar surface area (TPSA) is 258 Å². The van der Waals surface area contributed by atoms with Crippen LogP contribution < -0.4 is 16.0 Å². The van der Waals surface area contributed by atoms with Gasteiger partial charge in [-0.3, -0.25) is 53.1 Å². The van der Waals surface area contributed by atoms with Crippen LogP contribution in [0.3, 0.4) is 0 Å². The van der Waals surface area contributed by atoms with Crippen molar-refractivity contribution in [2.24, 2.45) is 5.41 Å². The van der Waals surface area contributed by atoms with Gasteiger partial charge in [0, 0.05) is 54.7 Å². The van der Waals surface area contributed by atoms with Crippen LogP contribution in [0, 0.1) is 17.3 Å². The van der Waals surface area contributed by atoms with Crippen LogP contribution in [0.1, 0.15) is 106 Å². The summed E-state index contributed by atoms with van der Waals surface area (Å²) in [4.78, 5) is 129. The number of ether oxygens (including phenoxy) is 2. The number of morpholine rings is 1. The number of hydrogen-bond donors (Lipinski definition) is 5. The minimum absolute atomic E-state index is 0.00242. The molecule has 0 aliphatic carbocycles. The van der Waals surface area contributed by atoms with Gasteiger partial charge in [-0.2, -0.15) is 8.78 Å². The lowest BCUT2D eigenvalue weighted by Crippen LogP contribution is -2.58. The SMILES string of the molecule is CC(C)(C)[C@H](NC(=O)c1cc2cc(C(F)(F)P(=O)(O)O)ccc2s1)C(=O)N1C[C@@H](OCC(=O)NCCCC#Cc2ccc3c(c2)C(=O)N(C2CCC(=O)NC2=O)C3=O)C[C@H]1C(=O)N1CCO[C@H](c2ccccc2)C1. The van der Waals surface area contributed by atoms with E-state index in [4.69, 9.17) is 9.47 Å². The third-order valence-corrected chi connectivity index (χ3v) is 15.3. The van der Waals surface area contributed by atoms with E-state index in [1.165, 1.54) is 29.2 Å². The number of thiophene rings is 1. The van der Waals surface area contributed by atoms with Gasteiger partial charge >= 0.3 is 13.3 Å². The monoisotopic (exact) mass is 1060 g/mol. The molecule has 4 aromatic rings. The number of halogens is 2. The Morgan fingerprint density at radius 1 is 0.973 bits per heavy atom. The van der Waals surface area contributed by atoms with E-state index >= 15 is 0 Å². The van der Waals surface area contributed by atoms with E-state index in [1.807, 2.05) is 30.3 Å². The van der Waals surface area contributed by atoms with Crippen LogP contribution in [-0.4, -0.2) is 135 Å². The van der Waals surface area contributed by atoms with Crippen molar-refractivity contribution in [1.29, 1.82) is 0 Å². The van der Waals surface area contributed by atoms with Gasteiger partial charge in [-0.15, -0.1) is 11.3 Å². The number of rotatable bonds is 14. The molecule has 0 bridgehead atoms. The lowest BCUT2D eigenvalue weighted by molar-refractivity contribution is -0.150. The molecule has 4 aliphatic rings. The first-order chi connectivity index (χ1) is 35.0. The van der Waals surface area contributed by atoms with Gasteiger partial charge in [-0.05, 0) is 65.6 Å². The predicted molar refractivity (Wildman–Crippen MR) is 262 cm³/mol. The summed E-state index contributed by atoms with van der Waals surface area (Å²) in [6.45, 7) is 5.55. The molecule has 23 heteroatoms. The summed E-state index contributed by atoms with van der Waals surface area (Å²) in [6, 6.07) is 14.8. The van der Waals surface area contributed by atoms with Crippen LogP contribution in [0.25, 0.3) is 10.1 Å². The molecule has 8 rings (SSSR count). The molecular formula is C51H53F2N6O13PS. The highest BCUT2D eigenvalue weighted by Gasteiger charge is 2.51. The first-order valence-corrected chi connectivity index (χ1v) is 26.2. The number of unbranched alkanes of at least 4 members (excludes halogenated alkanes) is 1. The maximum Gasteiger partial charge on any atom is 0.399 e. The zero-order valence-corrected chi connectivity index (χ0v) is 42.1. The average molecular weight is 1060 g/mol. The van der Waals surface area contributed by atoms with Gasteiger partial charge in [-0.25, -0.2) is 0 Å². The Bertz CT molecular complexity index is 3040. The van der Waals surface area contributed by atoms with Gasteiger partial charge in [-0.1, -0.05) is 69.0 Å². The van der Waals surface area contributed by atoms with E-state index in [1.54, 1.807) is 31.7 Å². The summed E-state index contributed by atoms with van der Waals surface area (Å²) >= 11 is 0.926. The molecule has 1 unspecified atom stereocenters. The summed E-state index contributed by atoms with van der Waals surface area (Å²) in [5, 5.41) is 7.85. The number of amides is 8.